The second kappa shape index (κ2) is 29.2. The Labute approximate surface area is 545 Å². The molecule has 10 rings (SSSR count). The Balaban J connectivity index is 0.000000243. The van der Waals surface area contributed by atoms with Gasteiger partial charge in [0, 0.05) is 13.1 Å². The number of halogens is 3. The number of aryl methyl sites for hydroxylation is 2. The van der Waals surface area contributed by atoms with Gasteiger partial charge in [-0.25, -0.2) is 31.9 Å². The normalized spacial score (nSPS) is 14.5. The van der Waals surface area contributed by atoms with E-state index < -0.39 is 62.0 Å². The number of nitrogens with two attached hydrogens (primary N) is 2. The number of nitriles is 2. The number of nitrogens with zero attached hydrogens (tertiary/aromatic N) is 6. The molecule has 0 aliphatic heterocycles. The van der Waals surface area contributed by atoms with Crippen LogP contribution in [0.2, 0.25) is 0 Å². The summed E-state index contributed by atoms with van der Waals surface area (Å²) in [5.41, 5.74) is 18.8. The lowest BCUT2D eigenvalue weighted by Crippen LogP contribution is -2.49. The molecule has 3 amide bonds. The maximum absolute atomic E-state index is 15.6. The third kappa shape index (κ3) is 17.2. The van der Waals surface area contributed by atoms with Crippen molar-refractivity contribution in [3.63, 3.8) is 0 Å². The average molecular weight is 1290 g/mol. The van der Waals surface area contributed by atoms with Crippen molar-refractivity contribution in [2.24, 2.45) is 23.3 Å². The first kappa shape index (κ1) is 69.0. The molecule has 6 aromatic carbocycles. The topological polar surface area (TPSA) is 261 Å². The predicted molar refractivity (Wildman–Crippen MR) is 357 cm³/mol. The molecule has 2 aliphatic rings. The van der Waals surface area contributed by atoms with Crippen LogP contribution in [0.3, 0.4) is 0 Å². The second-order valence-corrected chi connectivity index (χ2v) is 27.5. The van der Waals surface area contributed by atoms with Crippen LogP contribution in [-0.2, 0) is 39.9 Å². The first-order chi connectivity index (χ1) is 43.3. The van der Waals surface area contributed by atoms with Crippen molar-refractivity contribution in [1.29, 1.82) is 10.5 Å². The number of anilines is 2. The van der Waals surface area contributed by atoms with Crippen molar-refractivity contribution in [3.05, 3.63) is 225 Å². The average Bonchev–Trinajstić information content (AvgIpc) is 1.74. The molecular weight excluding hydrogens is 1210 g/mol. The molecule has 2 fully saturated rings. The van der Waals surface area contributed by atoms with Crippen LogP contribution >= 0.6 is 12.4 Å². The molecular formula is C71H79ClF2N12O5S. The van der Waals surface area contributed by atoms with E-state index in [1.165, 1.54) is 34.3 Å². The number of ether oxygens (including phenoxy) is 1. The van der Waals surface area contributed by atoms with Crippen molar-refractivity contribution < 1.29 is 32.1 Å². The Morgan fingerprint density at radius 2 is 1.09 bits per heavy atom. The number of benzene rings is 6. The van der Waals surface area contributed by atoms with Crippen LogP contribution in [0.4, 0.5) is 25.0 Å². The molecule has 0 radical (unpaired) electrons. The summed E-state index contributed by atoms with van der Waals surface area (Å²) >= 11 is 0. The molecule has 2 aliphatic carbocycles. The van der Waals surface area contributed by atoms with Gasteiger partial charge >= 0.3 is 6.09 Å². The maximum Gasteiger partial charge on any atom is 0.407 e. The maximum atomic E-state index is 15.6. The van der Waals surface area contributed by atoms with Gasteiger partial charge in [0.05, 0.1) is 84.2 Å². The number of alkyl carbamates (subject to hydrolysis) is 1. The van der Waals surface area contributed by atoms with E-state index in [1.807, 2.05) is 75.4 Å². The van der Waals surface area contributed by atoms with E-state index in [2.05, 4.69) is 43.0 Å². The number of rotatable bonds is 21. The van der Waals surface area contributed by atoms with Gasteiger partial charge in [-0.15, -0.1) is 12.4 Å². The summed E-state index contributed by atoms with van der Waals surface area (Å²) in [5, 5.41) is 36.0. The van der Waals surface area contributed by atoms with E-state index in [0.717, 1.165) is 47.9 Å². The van der Waals surface area contributed by atoms with Gasteiger partial charge in [-0.1, -0.05) is 86.3 Å². The smallest absolute Gasteiger partial charge is 0.407 e. The Morgan fingerprint density at radius 1 is 0.630 bits per heavy atom. The summed E-state index contributed by atoms with van der Waals surface area (Å²) in [6, 6.07) is 45.7. The number of hydrogen-bond donors (Lipinski definition) is 6. The number of aromatic nitrogens is 4. The van der Waals surface area contributed by atoms with Gasteiger partial charge < -0.3 is 32.2 Å². The van der Waals surface area contributed by atoms with Gasteiger partial charge in [0.1, 0.15) is 28.6 Å². The molecule has 0 saturated heterocycles. The molecule has 3 atom stereocenters. The van der Waals surface area contributed by atoms with Gasteiger partial charge in [-0.3, -0.25) is 9.59 Å². The lowest BCUT2D eigenvalue weighted by molar-refractivity contribution is 0.0523. The minimum Gasteiger partial charge on any atom is -0.444 e. The van der Waals surface area contributed by atoms with Gasteiger partial charge in [-0.05, 0) is 211 Å². The summed E-state index contributed by atoms with van der Waals surface area (Å²) in [4.78, 5) is 39.6. The Hall–Kier alpha value is -8.89. The molecule has 8 N–H and O–H groups in total. The standard InChI is InChI=1S/C40H47FN6O4S.C31H31FN6O.ClH/c1-26-21-35(47(45-26)32-10-8-9-29(22-32)25-43-37(49)51-38(2,3)4)36(48)44-34-23-31(17-18-33(34)41)40(20-19-27-11-12-27,46-52(50)39(5,6)7)30-15-13-28(24-42)14-16-30;1-20-15-29(38(37-20)26-4-2-3-23(16-26)19-34)30(39)36-28-17-25(11-12-27(28)32)31(35,14-13-21-5-6-21)24-9-7-22(18-33)8-10-24;/h8-10,13-18,21-23,27,46H,11-12,19-20,25H2,1-7H3,(H,43,49)(H,44,48);2-4,7-12,15-17,21H,5-6,13-14,19,34-35H2,1H3,(H,36,39);1H/t40?,52-;;/m0../s1. The van der Waals surface area contributed by atoms with Crippen LogP contribution in [0, 0.1) is 60.0 Å². The van der Waals surface area contributed by atoms with Crippen molar-refractivity contribution in [3.8, 4) is 23.5 Å². The second-order valence-electron chi connectivity index (χ2n) is 25.6. The molecule has 2 saturated carbocycles. The highest BCUT2D eigenvalue weighted by molar-refractivity contribution is 7.84. The Morgan fingerprint density at radius 3 is 1.57 bits per heavy atom. The zero-order valence-corrected chi connectivity index (χ0v) is 54.7. The number of carbonyl (C=O) groups is 3. The minimum absolute atomic E-state index is 0. The first-order valence-corrected chi connectivity index (χ1v) is 31.6. The molecule has 92 heavy (non-hydrogen) atoms. The Kier molecular flexibility index (Phi) is 21.9. The van der Waals surface area contributed by atoms with Crippen molar-refractivity contribution in [2.45, 2.75) is 141 Å². The quantitative estimate of drug-likeness (QED) is 0.0394. The summed E-state index contributed by atoms with van der Waals surface area (Å²) in [5.74, 6) is -1.09. The summed E-state index contributed by atoms with van der Waals surface area (Å²) in [6.07, 6.45) is 7.08. The van der Waals surface area contributed by atoms with Gasteiger partial charge in [0.2, 0.25) is 0 Å². The fraction of sp³-hybridized carbons (Fsp3) is 0.338. The fourth-order valence-electron chi connectivity index (χ4n) is 10.7. The Bertz CT molecular complexity index is 4080. The zero-order valence-electron chi connectivity index (χ0n) is 53.0. The summed E-state index contributed by atoms with van der Waals surface area (Å²) < 4.78 is 55.7. The van der Waals surface area contributed by atoms with Crippen LogP contribution in [0.15, 0.2) is 146 Å². The summed E-state index contributed by atoms with van der Waals surface area (Å²) in [6.45, 7) is 15.1. The summed E-state index contributed by atoms with van der Waals surface area (Å²) in [7, 11) is -1.53. The minimum atomic E-state index is -1.53. The largest absolute Gasteiger partial charge is 0.444 e. The van der Waals surface area contributed by atoms with Gasteiger partial charge in [0.15, 0.2) is 0 Å². The molecule has 8 aromatic rings. The molecule has 2 heterocycles. The van der Waals surface area contributed by atoms with Crippen molar-refractivity contribution >= 4 is 52.7 Å². The third-order valence-corrected chi connectivity index (χ3v) is 17.7. The van der Waals surface area contributed by atoms with E-state index in [0.29, 0.717) is 76.2 Å². The highest BCUT2D eigenvalue weighted by Crippen LogP contribution is 2.44. The highest BCUT2D eigenvalue weighted by atomic mass is 35.5. The van der Waals surface area contributed by atoms with Crippen molar-refractivity contribution in [1.82, 2.24) is 29.6 Å². The molecule has 2 unspecified atom stereocenters. The van der Waals surface area contributed by atoms with Crippen LogP contribution in [0.1, 0.15) is 170 Å². The first-order valence-electron chi connectivity index (χ1n) is 30.5. The van der Waals surface area contributed by atoms with Crippen LogP contribution in [-0.4, -0.2) is 52.0 Å². The van der Waals surface area contributed by atoms with Gasteiger partial charge in [-0.2, -0.15) is 20.7 Å². The van der Waals surface area contributed by atoms with E-state index in [4.69, 9.17) is 16.2 Å². The molecule has 21 heteroatoms. The molecule has 0 bridgehead atoms. The number of hydrogen-bond acceptors (Lipinski definition) is 11. The van der Waals surface area contributed by atoms with Crippen LogP contribution < -0.4 is 32.1 Å². The fourth-order valence-corrected chi connectivity index (χ4v) is 11.7. The van der Waals surface area contributed by atoms with Crippen LogP contribution in [0.25, 0.3) is 11.4 Å². The predicted octanol–water partition coefficient (Wildman–Crippen LogP) is 13.7. The lowest BCUT2D eigenvalue weighted by atomic mass is 9.79. The SMILES string of the molecule is Cc1cc(C(=O)Nc2cc(C(CCC3CC3)(N[S@@](=O)C(C)(C)C)c3ccc(C#N)cc3)ccc2F)n(-c2cccc(CNC(=O)OC(C)(C)C)c2)n1.Cc1cc(C(=O)Nc2cc(C(N)(CCC3CC3)c3ccc(C#N)cc3)ccc2F)n(-c2cccc(CN)c2)n1.Cl. The lowest BCUT2D eigenvalue weighted by Gasteiger charge is -2.38. The number of nitrogens with one attached hydrogen (secondary N) is 4. The van der Waals surface area contributed by atoms with E-state index in [1.54, 1.807) is 113 Å². The molecule has 0 spiro atoms. The molecule has 480 valence electrons. The monoisotopic (exact) mass is 1280 g/mol. The van der Waals surface area contributed by atoms with E-state index in [9.17, 15) is 29.1 Å². The highest BCUT2D eigenvalue weighted by Gasteiger charge is 2.41. The molecule has 17 nitrogen and oxygen atoms in total. The third-order valence-electron chi connectivity index (χ3n) is 16.1. The van der Waals surface area contributed by atoms with E-state index in [-0.39, 0.29) is 41.7 Å². The van der Waals surface area contributed by atoms with Crippen LogP contribution in [0.5, 0.6) is 0 Å². The number of carbonyl (C=O) groups excluding carboxylic acids is 3. The van der Waals surface area contributed by atoms with Gasteiger partial charge in [0.25, 0.3) is 11.8 Å². The zero-order chi connectivity index (χ0) is 65.4. The van der Waals surface area contributed by atoms with Crippen molar-refractivity contribution in [2.75, 3.05) is 10.6 Å². The molecule has 2 aromatic heterocycles. The number of amides is 3. The van der Waals surface area contributed by atoms with E-state index >= 15 is 8.78 Å².